The van der Waals surface area contributed by atoms with E-state index in [1.165, 1.54) is 36.3 Å². The second-order valence-corrected chi connectivity index (χ2v) is 9.72. The zero-order chi connectivity index (χ0) is 29.0. The van der Waals surface area contributed by atoms with Crippen LogP contribution in [0.25, 0.3) is 0 Å². The van der Waals surface area contributed by atoms with Crippen molar-refractivity contribution in [2.24, 2.45) is 0 Å². The van der Waals surface area contributed by atoms with Gasteiger partial charge < -0.3 is 24.4 Å². The highest BCUT2D eigenvalue weighted by molar-refractivity contribution is 5.96. The first-order valence-electron chi connectivity index (χ1n) is 13.1. The van der Waals surface area contributed by atoms with Gasteiger partial charge in [-0.3, -0.25) is 14.6 Å². The second-order valence-electron chi connectivity index (χ2n) is 9.72. The Labute approximate surface area is 233 Å². The molecular weight excluding hydrogens is 519 g/mol. The van der Waals surface area contributed by atoms with Crippen molar-refractivity contribution in [3.05, 3.63) is 70.7 Å². The minimum atomic E-state index is -0.808. The van der Waals surface area contributed by atoms with Crippen molar-refractivity contribution in [3.63, 3.8) is 0 Å². The van der Waals surface area contributed by atoms with E-state index in [2.05, 4.69) is 10.2 Å². The summed E-state index contributed by atoms with van der Waals surface area (Å²) in [7, 11) is 4.67. The number of ether oxygens (including phenoxy) is 3. The Bertz CT molecular complexity index is 1300. The number of halogens is 1. The summed E-state index contributed by atoms with van der Waals surface area (Å²) >= 11 is 0. The Hall–Kier alpha value is -4.12. The van der Waals surface area contributed by atoms with E-state index in [4.69, 9.17) is 14.2 Å². The number of methoxy groups -OCH3 is 2. The molecule has 1 saturated heterocycles. The van der Waals surface area contributed by atoms with Crippen LogP contribution in [0.3, 0.4) is 0 Å². The largest absolute Gasteiger partial charge is 0.497 e. The smallest absolute Gasteiger partial charge is 0.338 e. The summed E-state index contributed by atoms with van der Waals surface area (Å²) in [5.41, 5.74) is 1.84. The summed E-state index contributed by atoms with van der Waals surface area (Å²) in [5, 5.41) is 2.91. The summed E-state index contributed by atoms with van der Waals surface area (Å²) in [6.45, 7) is 5.59. The van der Waals surface area contributed by atoms with Crippen LogP contribution in [0.5, 0.6) is 11.5 Å². The fraction of sp³-hybridized carbons (Fsp3) is 0.414. The molecule has 214 valence electrons. The molecule has 0 aromatic heterocycles. The summed E-state index contributed by atoms with van der Waals surface area (Å²) in [6, 6.07) is 9.37. The molecule has 2 unspecified atom stereocenters. The van der Waals surface area contributed by atoms with Crippen LogP contribution in [0.4, 0.5) is 9.18 Å². The molecule has 0 saturated carbocycles. The predicted molar refractivity (Wildman–Crippen MR) is 146 cm³/mol. The third-order valence-electron chi connectivity index (χ3n) is 7.26. The Morgan fingerprint density at radius 1 is 1.07 bits per heavy atom. The average Bonchev–Trinajstić information content (AvgIpc) is 2.95. The molecule has 2 heterocycles. The minimum Gasteiger partial charge on any atom is -0.497 e. The van der Waals surface area contributed by atoms with Crippen molar-refractivity contribution in [1.82, 2.24) is 20.0 Å². The van der Waals surface area contributed by atoms with Crippen LogP contribution in [0.1, 0.15) is 35.8 Å². The molecule has 1 N–H and O–H groups in total. The Kier molecular flexibility index (Phi) is 8.93. The van der Waals surface area contributed by atoms with E-state index in [1.54, 1.807) is 44.2 Å². The van der Waals surface area contributed by atoms with Gasteiger partial charge in [0.2, 0.25) is 0 Å². The predicted octanol–water partition coefficient (Wildman–Crippen LogP) is 3.20. The molecule has 2 aromatic carbocycles. The van der Waals surface area contributed by atoms with Gasteiger partial charge in [-0.1, -0.05) is 0 Å². The molecular formula is C29H35FN4O6. The summed E-state index contributed by atoms with van der Waals surface area (Å²) in [5.74, 6) is -0.0724. The average molecular weight is 555 g/mol. The summed E-state index contributed by atoms with van der Waals surface area (Å²) in [6.07, 6.45) is 0. The number of urea groups is 1. The minimum absolute atomic E-state index is 0.154. The second kappa shape index (κ2) is 12.4. The molecule has 0 aliphatic carbocycles. The monoisotopic (exact) mass is 554 g/mol. The quantitative estimate of drug-likeness (QED) is 0.500. The van der Waals surface area contributed by atoms with Gasteiger partial charge >= 0.3 is 12.0 Å². The zero-order valence-electron chi connectivity index (χ0n) is 23.4. The van der Waals surface area contributed by atoms with E-state index >= 15 is 0 Å². The lowest BCUT2D eigenvalue weighted by molar-refractivity contribution is -0.139. The van der Waals surface area contributed by atoms with Gasteiger partial charge in [0.25, 0.3) is 5.91 Å². The van der Waals surface area contributed by atoms with Crippen molar-refractivity contribution in [3.8, 4) is 11.5 Å². The Morgan fingerprint density at radius 3 is 2.42 bits per heavy atom. The number of rotatable bonds is 8. The number of hydrogen-bond donors (Lipinski definition) is 1. The lowest BCUT2D eigenvalue weighted by Crippen LogP contribution is -2.56. The van der Waals surface area contributed by atoms with Gasteiger partial charge in [-0.15, -0.1) is 0 Å². The van der Waals surface area contributed by atoms with E-state index in [9.17, 15) is 18.8 Å². The maximum absolute atomic E-state index is 13.4. The third kappa shape index (κ3) is 5.89. The van der Waals surface area contributed by atoms with Crippen molar-refractivity contribution >= 4 is 17.9 Å². The number of likely N-dealkylation sites (N-methyl/N-ethyl adjacent to an activating group) is 1. The zero-order valence-corrected chi connectivity index (χ0v) is 23.4. The van der Waals surface area contributed by atoms with Crippen LogP contribution in [0.15, 0.2) is 53.7 Å². The first-order valence-corrected chi connectivity index (χ1v) is 13.1. The SMILES string of the molecule is CCOC(=O)C1=C(CN2CCN(C(=O)c3ccc(F)cc3)C(C)C2)N(C)C(=O)NC1c1ccc(OC)cc1OC. The lowest BCUT2D eigenvalue weighted by Gasteiger charge is -2.42. The standard InChI is InChI=1S/C29H35FN4O6/c1-6-40-28(36)25-23(32(3)29(37)31-26(25)22-12-11-21(38-4)15-24(22)39-5)17-33-13-14-34(18(2)16-33)27(35)19-7-9-20(30)10-8-19/h7-12,15,18,26H,6,13-14,16-17H2,1-5H3,(H,31,37). The first kappa shape index (κ1) is 28.9. The Balaban J connectivity index is 1.64. The highest BCUT2D eigenvalue weighted by atomic mass is 19.1. The van der Waals surface area contributed by atoms with Crippen LogP contribution in [-0.2, 0) is 9.53 Å². The molecule has 10 nitrogen and oxygen atoms in total. The summed E-state index contributed by atoms with van der Waals surface area (Å²) < 4.78 is 29.7. The fourth-order valence-corrected chi connectivity index (χ4v) is 5.14. The number of hydrogen-bond acceptors (Lipinski definition) is 7. The molecule has 4 rings (SSSR count). The number of piperazine rings is 1. The number of benzene rings is 2. The van der Waals surface area contributed by atoms with E-state index in [0.717, 1.165) is 0 Å². The van der Waals surface area contributed by atoms with Crippen molar-refractivity contribution < 1.29 is 33.0 Å². The molecule has 2 aromatic rings. The number of carbonyl (C=O) groups excluding carboxylic acids is 3. The van der Waals surface area contributed by atoms with Gasteiger partial charge in [0.05, 0.1) is 32.4 Å². The van der Waals surface area contributed by atoms with Gasteiger partial charge in [-0.05, 0) is 50.2 Å². The van der Waals surface area contributed by atoms with Crippen molar-refractivity contribution in [2.45, 2.75) is 25.9 Å². The maximum Gasteiger partial charge on any atom is 0.338 e. The summed E-state index contributed by atoms with van der Waals surface area (Å²) in [4.78, 5) is 44.9. The molecule has 2 aliphatic heterocycles. The van der Waals surface area contributed by atoms with Crippen LogP contribution >= 0.6 is 0 Å². The number of amides is 3. The first-order chi connectivity index (χ1) is 19.2. The van der Waals surface area contributed by atoms with E-state index in [-0.39, 0.29) is 31.1 Å². The van der Waals surface area contributed by atoms with E-state index in [1.807, 2.05) is 6.92 Å². The molecule has 2 atom stereocenters. The molecule has 0 spiro atoms. The lowest BCUT2D eigenvalue weighted by atomic mass is 9.93. The van der Waals surface area contributed by atoms with E-state index < -0.39 is 17.8 Å². The van der Waals surface area contributed by atoms with E-state index in [0.29, 0.717) is 53.5 Å². The molecule has 40 heavy (non-hydrogen) atoms. The number of nitrogens with one attached hydrogen (secondary N) is 1. The number of esters is 1. The normalized spacial score (nSPS) is 19.8. The molecule has 0 radical (unpaired) electrons. The third-order valence-corrected chi connectivity index (χ3v) is 7.26. The van der Waals surface area contributed by atoms with Crippen LogP contribution < -0.4 is 14.8 Å². The van der Waals surface area contributed by atoms with Gasteiger partial charge in [0.15, 0.2) is 0 Å². The van der Waals surface area contributed by atoms with Crippen molar-refractivity contribution in [1.29, 1.82) is 0 Å². The van der Waals surface area contributed by atoms with Gasteiger partial charge in [-0.25, -0.2) is 14.0 Å². The van der Waals surface area contributed by atoms with Crippen LogP contribution in [-0.4, -0.2) is 92.7 Å². The van der Waals surface area contributed by atoms with Gasteiger partial charge in [-0.2, -0.15) is 0 Å². The molecule has 0 bridgehead atoms. The van der Waals surface area contributed by atoms with Crippen LogP contribution in [0.2, 0.25) is 0 Å². The molecule has 1 fully saturated rings. The highest BCUT2D eigenvalue weighted by Crippen LogP contribution is 2.37. The fourth-order valence-electron chi connectivity index (χ4n) is 5.14. The number of carbonyl (C=O) groups is 3. The van der Waals surface area contributed by atoms with Gasteiger partial charge in [0.1, 0.15) is 17.3 Å². The van der Waals surface area contributed by atoms with Crippen molar-refractivity contribution in [2.75, 3.05) is 54.1 Å². The highest BCUT2D eigenvalue weighted by Gasteiger charge is 2.39. The molecule has 3 amide bonds. The molecule has 11 heteroatoms. The topological polar surface area (TPSA) is 101 Å². The molecule has 2 aliphatic rings. The maximum atomic E-state index is 13.4. The Morgan fingerprint density at radius 2 is 1.80 bits per heavy atom. The van der Waals surface area contributed by atoms with Gasteiger partial charge in [0, 0.05) is 62.2 Å². The van der Waals surface area contributed by atoms with Crippen LogP contribution in [0, 0.1) is 5.82 Å². The number of nitrogens with zero attached hydrogens (tertiary/aromatic N) is 3.